The zero-order valence-electron chi connectivity index (χ0n) is 10.5. The van der Waals surface area contributed by atoms with Crippen LogP contribution in [-0.4, -0.2) is 37.1 Å². The van der Waals surface area contributed by atoms with Crippen LogP contribution >= 0.6 is 0 Å². The van der Waals surface area contributed by atoms with Crippen LogP contribution < -0.4 is 5.32 Å². The van der Waals surface area contributed by atoms with Gasteiger partial charge in [0.15, 0.2) is 0 Å². The summed E-state index contributed by atoms with van der Waals surface area (Å²) in [5.74, 6) is 1.71. The van der Waals surface area contributed by atoms with E-state index in [0.717, 1.165) is 23.9 Å². The summed E-state index contributed by atoms with van der Waals surface area (Å²) < 4.78 is 0. The third-order valence-electron chi connectivity index (χ3n) is 3.98. The Morgan fingerprint density at radius 2 is 1.93 bits per heavy atom. The van der Waals surface area contributed by atoms with Gasteiger partial charge in [-0.25, -0.2) is 0 Å². The molecule has 0 radical (unpaired) electrons. The molecule has 2 heteroatoms. The predicted molar refractivity (Wildman–Crippen MR) is 65.0 cm³/mol. The molecule has 2 nitrogen and oxygen atoms in total. The van der Waals surface area contributed by atoms with E-state index in [1.165, 1.54) is 38.8 Å². The molecule has 0 aromatic carbocycles. The topological polar surface area (TPSA) is 15.3 Å². The Morgan fingerprint density at radius 3 is 2.40 bits per heavy atom. The maximum atomic E-state index is 3.60. The van der Waals surface area contributed by atoms with Gasteiger partial charge in [-0.15, -0.1) is 0 Å². The fourth-order valence-corrected chi connectivity index (χ4v) is 2.64. The molecule has 15 heavy (non-hydrogen) atoms. The molecule has 0 bridgehead atoms. The summed E-state index contributed by atoms with van der Waals surface area (Å²) in [6.45, 7) is 6.97. The van der Waals surface area contributed by atoms with E-state index in [0.29, 0.717) is 0 Å². The lowest BCUT2D eigenvalue weighted by atomic mass is 9.78. The molecule has 0 aliphatic heterocycles. The van der Waals surface area contributed by atoms with Crippen molar-refractivity contribution in [2.24, 2.45) is 11.8 Å². The second kappa shape index (κ2) is 4.84. The molecule has 2 unspecified atom stereocenters. The lowest BCUT2D eigenvalue weighted by Gasteiger charge is -2.43. The van der Waals surface area contributed by atoms with Crippen LogP contribution in [0.15, 0.2) is 0 Å². The number of rotatable bonds is 6. The number of nitrogens with one attached hydrogen (secondary N) is 1. The molecular formula is C13H26N2. The molecule has 2 rings (SSSR count). The van der Waals surface area contributed by atoms with Crippen molar-refractivity contribution < 1.29 is 0 Å². The number of hydrogen-bond donors (Lipinski definition) is 1. The maximum Gasteiger partial charge on any atom is 0.0136 e. The molecule has 0 spiro atoms. The first-order valence-corrected chi connectivity index (χ1v) is 6.61. The summed E-state index contributed by atoms with van der Waals surface area (Å²) >= 11 is 0. The van der Waals surface area contributed by atoms with Crippen LogP contribution in [0.25, 0.3) is 0 Å². The van der Waals surface area contributed by atoms with Crippen LogP contribution in [0, 0.1) is 11.8 Å². The third kappa shape index (κ3) is 2.94. The Balaban J connectivity index is 1.65. The number of hydrogen-bond acceptors (Lipinski definition) is 2. The SMILES string of the molecule is CC(C)CNCC1CCC1N(C)C1CC1. The van der Waals surface area contributed by atoms with Gasteiger partial charge >= 0.3 is 0 Å². The highest BCUT2D eigenvalue weighted by molar-refractivity contribution is 4.95. The lowest BCUT2D eigenvalue weighted by molar-refractivity contribution is 0.0772. The molecule has 2 saturated carbocycles. The average Bonchev–Trinajstić information content (AvgIpc) is 2.92. The second-order valence-electron chi connectivity index (χ2n) is 5.85. The van der Waals surface area contributed by atoms with Crippen molar-refractivity contribution in [2.75, 3.05) is 20.1 Å². The van der Waals surface area contributed by atoms with E-state index in [-0.39, 0.29) is 0 Å². The molecule has 0 aromatic heterocycles. The van der Waals surface area contributed by atoms with E-state index in [4.69, 9.17) is 0 Å². The number of nitrogens with zero attached hydrogens (tertiary/aromatic N) is 1. The van der Waals surface area contributed by atoms with Crippen molar-refractivity contribution in [3.05, 3.63) is 0 Å². The zero-order chi connectivity index (χ0) is 10.8. The fourth-order valence-electron chi connectivity index (χ4n) is 2.64. The summed E-state index contributed by atoms with van der Waals surface area (Å²) in [6.07, 6.45) is 5.76. The first-order valence-electron chi connectivity index (χ1n) is 6.61. The Bertz CT molecular complexity index is 199. The highest BCUT2D eigenvalue weighted by Crippen LogP contribution is 2.37. The van der Waals surface area contributed by atoms with Crippen molar-refractivity contribution in [3.8, 4) is 0 Å². The Kier molecular flexibility index (Phi) is 3.68. The monoisotopic (exact) mass is 210 g/mol. The standard InChI is InChI=1S/C13H26N2/c1-10(2)8-14-9-11-4-7-13(11)15(3)12-5-6-12/h10-14H,4-9H2,1-3H3. The normalized spacial score (nSPS) is 31.0. The van der Waals surface area contributed by atoms with Crippen LogP contribution in [-0.2, 0) is 0 Å². The van der Waals surface area contributed by atoms with Crippen LogP contribution in [0.1, 0.15) is 39.5 Å². The van der Waals surface area contributed by atoms with Crippen LogP contribution in [0.4, 0.5) is 0 Å². The Morgan fingerprint density at radius 1 is 1.20 bits per heavy atom. The van der Waals surface area contributed by atoms with Crippen molar-refractivity contribution in [3.63, 3.8) is 0 Å². The smallest absolute Gasteiger partial charge is 0.0136 e. The van der Waals surface area contributed by atoms with Gasteiger partial charge in [-0.2, -0.15) is 0 Å². The molecule has 2 fully saturated rings. The zero-order valence-corrected chi connectivity index (χ0v) is 10.5. The minimum Gasteiger partial charge on any atom is -0.316 e. The summed E-state index contributed by atoms with van der Waals surface area (Å²) in [5.41, 5.74) is 0. The first-order chi connectivity index (χ1) is 7.18. The second-order valence-corrected chi connectivity index (χ2v) is 5.85. The molecule has 0 amide bonds. The molecule has 2 atom stereocenters. The highest BCUT2D eigenvalue weighted by atomic mass is 15.2. The van der Waals surface area contributed by atoms with Gasteiger partial charge < -0.3 is 10.2 Å². The van der Waals surface area contributed by atoms with Crippen molar-refractivity contribution in [1.82, 2.24) is 10.2 Å². The average molecular weight is 210 g/mol. The van der Waals surface area contributed by atoms with Crippen molar-refractivity contribution in [1.29, 1.82) is 0 Å². The molecule has 0 aromatic rings. The largest absolute Gasteiger partial charge is 0.316 e. The third-order valence-corrected chi connectivity index (χ3v) is 3.98. The molecular weight excluding hydrogens is 184 g/mol. The van der Waals surface area contributed by atoms with Gasteiger partial charge in [0, 0.05) is 12.1 Å². The minimum atomic E-state index is 0.782. The maximum absolute atomic E-state index is 3.60. The highest BCUT2D eigenvalue weighted by Gasteiger charge is 2.39. The van der Waals surface area contributed by atoms with E-state index in [9.17, 15) is 0 Å². The molecule has 2 aliphatic rings. The molecule has 2 aliphatic carbocycles. The van der Waals surface area contributed by atoms with Gasteiger partial charge in [0.2, 0.25) is 0 Å². The van der Waals surface area contributed by atoms with Gasteiger partial charge in [-0.3, -0.25) is 0 Å². The van der Waals surface area contributed by atoms with E-state index in [1.807, 2.05) is 0 Å². The quantitative estimate of drug-likeness (QED) is 0.722. The van der Waals surface area contributed by atoms with Gasteiger partial charge in [0.1, 0.15) is 0 Å². The fraction of sp³-hybridized carbons (Fsp3) is 1.00. The van der Waals surface area contributed by atoms with E-state index in [2.05, 4.69) is 31.1 Å². The van der Waals surface area contributed by atoms with Crippen LogP contribution in [0.2, 0.25) is 0 Å². The predicted octanol–water partition coefficient (Wildman–Crippen LogP) is 2.10. The molecule has 88 valence electrons. The van der Waals surface area contributed by atoms with Gasteiger partial charge in [-0.05, 0) is 57.7 Å². The van der Waals surface area contributed by atoms with Crippen LogP contribution in [0.5, 0.6) is 0 Å². The molecule has 0 heterocycles. The van der Waals surface area contributed by atoms with Gasteiger partial charge in [0.25, 0.3) is 0 Å². The first kappa shape index (κ1) is 11.4. The van der Waals surface area contributed by atoms with E-state index >= 15 is 0 Å². The Hall–Kier alpha value is -0.0800. The molecule has 1 N–H and O–H groups in total. The summed E-state index contributed by atoms with van der Waals surface area (Å²) in [5, 5.41) is 3.60. The van der Waals surface area contributed by atoms with Gasteiger partial charge in [0.05, 0.1) is 0 Å². The van der Waals surface area contributed by atoms with Crippen LogP contribution in [0.3, 0.4) is 0 Å². The minimum absolute atomic E-state index is 0.782. The van der Waals surface area contributed by atoms with Gasteiger partial charge in [-0.1, -0.05) is 13.8 Å². The lowest BCUT2D eigenvalue weighted by Crippen LogP contribution is -2.50. The summed E-state index contributed by atoms with van der Waals surface area (Å²) in [4.78, 5) is 2.64. The molecule has 0 saturated heterocycles. The van der Waals surface area contributed by atoms with Crippen molar-refractivity contribution >= 4 is 0 Å². The summed E-state index contributed by atoms with van der Waals surface area (Å²) in [6, 6.07) is 1.82. The summed E-state index contributed by atoms with van der Waals surface area (Å²) in [7, 11) is 2.33. The Labute approximate surface area is 94.4 Å². The van der Waals surface area contributed by atoms with E-state index in [1.54, 1.807) is 0 Å². The van der Waals surface area contributed by atoms with E-state index < -0.39 is 0 Å². The van der Waals surface area contributed by atoms with Crippen molar-refractivity contribution in [2.45, 2.75) is 51.6 Å².